The number of hydrogen-bond acceptors (Lipinski definition) is 9. The molecule has 41 heavy (non-hydrogen) atoms. The van der Waals surface area contributed by atoms with Crippen LogP contribution in [-0.4, -0.2) is 56.7 Å². The lowest BCUT2D eigenvalue weighted by Crippen LogP contribution is -2.27. The smallest absolute Gasteiger partial charge is 0.336 e. The van der Waals surface area contributed by atoms with Gasteiger partial charge in [0.2, 0.25) is 0 Å². The molecule has 0 unspecified atom stereocenters. The van der Waals surface area contributed by atoms with Crippen molar-refractivity contribution in [3.63, 3.8) is 0 Å². The third-order valence-electron chi connectivity index (χ3n) is 6.48. The number of hydrogen-bond donors (Lipinski definition) is 3. The molecule has 5 rings (SSSR count). The van der Waals surface area contributed by atoms with Crippen LogP contribution in [0, 0.1) is 0 Å². The van der Waals surface area contributed by atoms with E-state index >= 15 is 0 Å². The zero-order valence-electron chi connectivity index (χ0n) is 21.8. The molecule has 1 aromatic heterocycles. The second-order valence-electron chi connectivity index (χ2n) is 9.19. The summed E-state index contributed by atoms with van der Waals surface area (Å²) in [4.78, 5) is 48.6. The van der Waals surface area contributed by atoms with Crippen molar-refractivity contribution in [2.75, 3.05) is 13.7 Å². The molecule has 2 aliphatic rings. The standard InChI is InChI=1S/C29H24N4O8/c1-40-26(36)9-3-17-15-33(32-31-17)11-10-30-28(37)16-2-6-20(23(12-16)29(38)39)27-21-7-4-18(34)13-24(21)41-25-14-19(35)5-8-22(25)27/h2,4-8,12-15,34H,3,9-11H2,1H3,(H,30,37)(H,38,39). The fraction of sp³-hybridized carbons (Fsp3) is 0.172. The highest BCUT2D eigenvalue weighted by atomic mass is 16.5. The Morgan fingerprint density at radius 3 is 2.63 bits per heavy atom. The molecule has 12 nitrogen and oxygen atoms in total. The highest BCUT2D eigenvalue weighted by Gasteiger charge is 2.23. The predicted molar refractivity (Wildman–Crippen MR) is 146 cm³/mol. The van der Waals surface area contributed by atoms with Crippen molar-refractivity contribution in [3.8, 4) is 28.2 Å². The summed E-state index contributed by atoms with van der Waals surface area (Å²) in [5, 5.41) is 31.3. The van der Waals surface area contributed by atoms with Crippen molar-refractivity contribution in [1.82, 2.24) is 20.3 Å². The number of phenols is 1. The average Bonchev–Trinajstić information content (AvgIpc) is 3.41. The van der Waals surface area contributed by atoms with Crippen LogP contribution in [0.5, 0.6) is 5.75 Å². The number of ether oxygens (including phenoxy) is 1. The molecular weight excluding hydrogens is 532 g/mol. The Labute approximate surface area is 232 Å². The Kier molecular flexibility index (Phi) is 7.46. The Hall–Kier alpha value is -5.52. The molecule has 0 radical (unpaired) electrons. The van der Waals surface area contributed by atoms with Crippen LogP contribution in [0.3, 0.4) is 0 Å². The molecule has 1 aliphatic heterocycles. The number of nitrogens with zero attached hydrogens (tertiary/aromatic N) is 3. The number of carbonyl (C=O) groups excluding carboxylic acids is 2. The van der Waals surface area contributed by atoms with E-state index in [2.05, 4.69) is 20.4 Å². The molecule has 0 fully saturated rings. The molecule has 0 bridgehead atoms. The number of carbonyl (C=O) groups is 3. The van der Waals surface area contributed by atoms with Crippen molar-refractivity contribution in [1.29, 1.82) is 0 Å². The van der Waals surface area contributed by atoms with E-state index in [1.807, 2.05) is 0 Å². The molecule has 2 aromatic carbocycles. The van der Waals surface area contributed by atoms with Gasteiger partial charge in [0.25, 0.3) is 5.91 Å². The van der Waals surface area contributed by atoms with Crippen molar-refractivity contribution in [3.05, 3.63) is 87.8 Å². The van der Waals surface area contributed by atoms with Crippen LogP contribution in [-0.2, 0) is 22.5 Å². The number of aromatic hydroxyl groups is 1. The number of carboxylic acids is 1. The van der Waals surface area contributed by atoms with E-state index in [1.54, 1.807) is 18.3 Å². The van der Waals surface area contributed by atoms with Gasteiger partial charge in [-0.15, -0.1) is 5.10 Å². The van der Waals surface area contributed by atoms with E-state index in [9.17, 15) is 29.4 Å². The second-order valence-corrected chi connectivity index (χ2v) is 9.19. The number of esters is 1. The Morgan fingerprint density at radius 2 is 1.85 bits per heavy atom. The SMILES string of the molecule is COC(=O)CCc1cn(CCNC(=O)c2ccc(-c3c4ccc(=O)cc-4oc4cc(O)ccc34)c(C(=O)O)c2)nn1. The fourth-order valence-corrected chi connectivity index (χ4v) is 4.51. The molecule has 0 atom stereocenters. The minimum Gasteiger partial charge on any atom is -0.508 e. The molecule has 1 aliphatic carbocycles. The van der Waals surface area contributed by atoms with E-state index < -0.39 is 11.9 Å². The Balaban J connectivity index is 1.40. The highest BCUT2D eigenvalue weighted by Crippen LogP contribution is 2.42. The van der Waals surface area contributed by atoms with E-state index in [4.69, 9.17) is 4.42 Å². The first-order valence-corrected chi connectivity index (χ1v) is 12.5. The molecule has 2 heterocycles. The van der Waals surface area contributed by atoms with Gasteiger partial charge in [-0.05, 0) is 42.0 Å². The summed E-state index contributed by atoms with van der Waals surface area (Å²) in [5.74, 6) is -1.91. The highest BCUT2D eigenvalue weighted by molar-refractivity contribution is 6.09. The number of aromatic nitrogens is 3. The van der Waals surface area contributed by atoms with Crippen LogP contribution in [0.25, 0.3) is 33.4 Å². The van der Waals surface area contributed by atoms with Crippen LogP contribution in [0.4, 0.5) is 0 Å². The quantitative estimate of drug-likeness (QED) is 0.181. The third-order valence-corrected chi connectivity index (χ3v) is 6.48. The van der Waals surface area contributed by atoms with E-state index in [-0.39, 0.29) is 52.6 Å². The van der Waals surface area contributed by atoms with Crippen LogP contribution in [0.2, 0.25) is 0 Å². The first-order valence-electron chi connectivity index (χ1n) is 12.5. The molecule has 3 aromatic rings. The van der Waals surface area contributed by atoms with Gasteiger partial charge in [-0.1, -0.05) is 11.3 Å². The number of fused-ring (bicyclic) bond motifs is 2. The number of methoxy groups -OCH3 is 1. The number of amides is 1. The first-order chi connectivity index (χ1) is 19.7. The van der Waals surface area contributed by atoms with Gasteiger partial charge < -0.3 is 24.7 Å². The van der Waals surface area contributed by atoms with E-state index in [0.717, 1.165) is 0 Å². The van der Waals surface area contributed by atoms with Gasteiger partial charge in [-0.2, -0.15) is 0 Å². The summed E-state index contributed by atoms with van der Waals surface area (Å²) in [7, 11) is 1.31. The molecular formula is C29H24N4O8. The molecule has 208 valence electrons. The monoisotopic (exact) mass is 556 g/mol. The van der Waals surface area contributed by atoms with Crippen LogP contribution >= 0.6 is 0 Å². The number of aromatic carboxylic acids is 1. The minimum atomic E-state index is -1.25. The van der Waals surface area contributed by atoms with Crippen LogP contribution in [0.15, 0.2) is 70.0 Å². The number of aryl methyl sites for hydroxylation is 1. The van der Waals surface area contributed by atoms with Crippen LogP contribution < -0.4 is 10.7 Å². The maximum Gasteiger partial charge on any atom is 0.336 e. The van der Waals surface area contributed by atoms with E-state index in [0.29, 0.717) is 40.7 Å². The normalized spacial score (nSPS) is 11.0. The lowest BCUT2D eigenvalue weighted by molar-refractivity contribution is -0.140. The third kappa shape index (κ3) is 5.76. The van der Waals surface area contributed by atoms with Crippen molar-refractivity contribution in [2.45, 2.75) is 19.4 Å². The van der Waals surface area contributed by atoms with Crippen LogP contribution in [0.1, 0.15) is 32.8 Å². The summed E-state index contributed by atoms with van der Waals surface area (Å²) >= 11 is 0. The largest absolute Gasteiger partial charge is 0.508 e. The molecule has 0 spiro atoms. The van der Waals surface area contributed by atoms with Gasteiger partial charge in [0.15, 0.2) is 5.43 Å². The Morgan fingerprint density at radius 1 is 1.05 bits per heavy atom. The molecule has 1 amide bonds. The predicted octanol–water partition coefficient (Wildman–Crippen LogP) is 3.10. The van der Waals surface area contributed by atoms with Gasteiger partial charge >= 0.3 is 11.9 Å². The zero-order valence-corrected chi connectivity index (χ0v) is 21.8. The average molecular weight is 557 g/mol. The van der Waals surface area contributed by atoms with E-state index in [1.165, 1.54) is 54.3 Å². The fourth-order valence-electron chi connectivity index (χ4n) is 4.51. The van der Waals surface area contributed by atoms with Gasteiger partial charge in [0, 0.05) is 53.4 Å². The summed E-state index contributed by atoms with van der Waals surface area (Å²) in [5.41, 5.74) is 1.89. The summed E-state index contributed by atoms with van der Waals surface area (Å²) in [6, 6.07) is 13.0. The Bertz CT molecular complexity index is 1820. The minimum absolute atomic E-state index is 0.0568. The summed E-state index contributed by atoms with van der Waals surface area (Å²) in [6.45, 7) is 0.500. The lowest BCUT2D eigenvalue weighted by atomic mass is 9.90. The topological polar surface area (TPSA) is 174 Å². The maximum atomic E-state index is 12.9. The number of rotatable bonds is 9. The lowest BCUT2D eigenvalue weighted by Gasteiger charge is -2.17. The first kappa shape index (κ1) is 27.1. The van der Waals surface area contributed by atoms with Gasteiger partial charge in [0.05, 0.1) is 31.3 Å². The molecule has 0 saturated heterocycles. The summed E-state index contributed by atoms with van der Waals surface area (Å²) < 4.78 is 12.0. The van der Waals surface area contributed by atoms with Crippen molar-refractivity contribution < 1.29 is 33.8 Å². The number of carboxylic acid groups (broad SMARTS) is 1. The number of phenolic OH excluding ortho intramolecular Hbond substituents is 1. The van der Waals surface area contributed by atoms with Gasteiger partial charge in [-0.25, -0.2) is 4.79 Å². The van der Waals surface area contributed by atoms with Crippen molar-refractivity contribution in [2.24, 2.45) is 0 Å². The van der Waals surface area contributed by atoms with Gasteiger partial charge in [-0.3, -0.25) is 19.1 Å². The molecule has 3 N–H and O–H groups in total. The number of nitrogens with one attached hydrogen (secondary N) is 1. The maximum absolute atomic E-state index is 12.9. The van der Waals surface area contributed by atoms with Crippen molar-refractivity contribution >= 4 is 28.8 Å². The zero-order chi connectivity index (χ0) is 29.1. The molecule has 0 saturated carbocycles. The van der Waals surface area contributed by atoms with Gasteiger partial charge in [0.1, 0.15) is 17.1 Å². The number of benzene rings is 3. The summed E-state index contributed by atoms with van der Waals surface area (Å²) in [6.07, 6.45) is 2.23. The second kappa shape index (κ2) is 11.3. The molecule has 12 heteroatoms.